The number of carbonyl (C=O) groups is 1. The van der Waals surface area contributed by atoms with E-state index < -0.39 is 5.97 Å². The maximum atomic E-state index is 11.1. The fourth-order valence-electron chi connectivity index (χ4n) is 3.63. The Morgan fingerprint density at radius 1 is 0.767 bits per heavy atom. The van der Waals surface area contributed by atoms with Crippen LogP contribution in [0.15, 0.2) is 24.3 Å². The Morgan fingerprint density at radius 2 is 1.20 bits per heavy atom. The molecule has 2 atom stereocenters. The second-order valence-electron chi connectivity index (χ2n) is 8.76. The Morgan fingerprint density at radius 3 is 1.57 bits per heavy atom. The first-order valence-electron chi connectivity index (χ1n) is 12.2. The van der Waals surface area contributed by atoms with E-state index in [0.29, 0.717) is 11.8 Å². The molecule has 0 heterocycles. The first-order chi connectivity index (χ1) is 14.0. The molecule has 0 aromatic rings. The van der Waals surface area contributed by atoms with Gasteiger partial charge in [0.25, 0.3) is 0 Å². The first kappa shape index (κ1) is 32.1. The number of unbranched alkanes of at least 4 members (excludes halogenated alkanes) is 4. The molecule has 0 aliphatic carbocycles. The topological polar surface area (TPSA) is 43.4 Å². The van der Waals surface area contributed by atoms with Crippen LogP contribution in [0, 0.1) is 11.8 Å². The maximum absolute atomic E-state index is 11.1. The molecule has 2 unspecified atom stereocenters. The molecule has 0 fully saturated rings. The average Bonchev–Trinajstić information content (AvgIpc) is 2.69. The normalized spacial score (nSPS) is 13.8. The van der Waals surface area contributed by atoms with Gasteiger partial charge in [0.1, 0.15) is 0 Å². The summed E-state index contributed by atoms with van der Waals surface area (Å²) in [7, 11) is 0. The fourth-order valence-corrected chi connectivity index (χ4v) is 3.63. The Balaban J connectivity index is 0. The van der Waals surface area contributed by atoms with Gasteiger partial charge in [-0.1, -0.05) is 77.7 Å². The molecule has 0 aliphatic rings. The third kappa shape index (κ3) is 22.6. The van der Waals surface area contributed by atoms with Gasteiger partial charge < -0.3 is 9.90 Å². The van der Waals surface area contributed by atoms with E-state index >= 15 is 0 Å². The minimum absolute atomic E-state index is 0. The summed E-state index contributed by atoms with van der Waals surface area (Å²) in [4.78, 5) is 13.2. The van der Waals surface area contributed by atoms with E-state index in [1.54, 1.807) is 0 Å². The molecule has 0 spiro atoms. The van der Waals surface area contributed by atoms with Crippen molar-refractivity contribution in [2.75, 3.05) is 19.6 Å². The molecule has 0 amide bonds. The minimum atomic E-state index is -0.948. The summed E-state index contributed by atoms with van der Waals surface area (Å²) in [5.74, 6) is 0.363. The van der Waals surface area contributed by atoms with Crippen LogP contribution in [0.25, 0.3) is 0 Å². The van der Waals surface area contributed by atoms with Gasteiger partial charge in [-0.3, -0.25) is 4.90 Å². The zero-order valence-corrected chi connectivity index (χ0v) is 22.8. The van der Waals surface area contributed by atoms with Crippen molar-refractivity contribution in [3.05, 3.63) is 24.3 Å². The number of nitrogens with zero attached hydrogens (tertiary/aromatic N) is 1. The Bertz CT molecular complexity index is 405. The Labute approximate surface area is 210 Å². The quantitative estimate of drug-likeness (QED) is 0.170. The largest absolute Gasteiger partial charge is 1.00 e. The molecule has 0 saturated heterocycles. The first-order valence-corrected chi connectivity index (χ1v) is 12.2. The molecular weight excluding hydrogens is 381 g/mol. The van der Waals surface area contributed by atoms with Crippen LogP contribution in [0.1, 0.15) is 105 Å². The van der Waals surface area contributed by atoms with Crippen LogP contribution in [0.3, 0.4) is 0 Å². The van der Waals surface area contributed by atoms with E-state index in [9.17, 15) is 9.90 Å². The van der Waals surface area contributed by atoms with Crippen LogP contribution in [0.5, 0.6) is 0 Å². The van der Waals surface area contributed by atoms with Crippen LogP contribution < -0.4 is 34.7 Å². The zero-order valence-electron chi connectivity index (χ0n) is 20.8. The van der Waals surface area contributed by atoms with Gasteiger partial charge in [-0.15, -0.1) is 0 Å². The molecule has 30 heavy (non-hydrogen) atoms. The molecule has 0 N–H and O–H groups in total. The van der Waals surface area contributed by atoms with Gasteiger partial charge in [-0.05, 0) is 76.3 Å². The van der Waals surface area contributed by atoms with Crippen molar-refractivity contribution in [1.29, 1.82) is 0 Å². The van der Waals surface area contributed by atoms with Crippen molar-refractivity contribution in [1.82, 2.24) is 4.90 Å². The number of carboxylic acids is 1. The van der Waals surface area contributed by atoms with Crippen molar-refractivity contribution in [3.63, 3.8) is 0 Å². The summed E-state index contributed by atoms with van der Waals surface area (Å²) in [5, 5.41) is 11.1. The number of carbonyl (C=O) groups excluding carboxylic acids is 1. The zero-order chi connectivity index (χ0) is 21.7. The number of hydrogen-bond acceptors (Lipinski definition) is 3. The molecule has 0 saturated carbocycles. The summed E-state index contributed by atoms with van der Waals surface area (Å²) in [5.41, 5.74) is 0. The monoisotopic (exact) mass is 429 g/mol. The van der Waals surface area contributed by atoms with Gasteiger partial charge in [0.2, 0.25) is 0 Å². The van der Waals surface area contributed by atoms with Crippen molar-refractivity contribution in [2.45, 2.75) is 105 Å². The standard InChI is InChI=1S/C26H49NO2.Na/c1-5-7-9-11-13-15-17-24(3)19-21-27(23-26(28)29)22-20-25(4)18-16-14-12-10-8-6-2;/h7-10,24-25H,5-6,11-23H2,1-4H3,(H,28,29);/q;+1/p-1/b9-7+,10-8+;. The van der Waals surface area contributed by atoms with Gasteiger partial charge in [-0.2, -0.15) is 0 Å². The summed E-state index contributed by atoms with van der Waals surface area (Å²) in [6.07, 6.45) is 23.4. The summed E-state index contributed by atoms with van der Waals surface area (Å²) in [6, 6.07) is 0. The predicted molar refractivity (Wildman–Crippen MR) is 125 cm³/mol. The average molecular weight is 430 g/mol. The van der Waals surface area contributed by atoms with Crippen LogP contribution >= 0.6 is 0 Å². The van der Waals surface area contributed by atoms with Gasteiger partial charge in [-0.25, -0.2) is 0 Å². The number of allylic oxidation sites excluding steroid dienone is 4. The van der Waals surface area contributed by atoms with Gasteiger partial charge >= 0.3 is 29.6 Å². The molecule has 170 valence electrons. The van der Waals surface area contributed by atoms with Crippen LogP contribution in [-0.4, -0.2) is 30.5 Å². The third-order valence-electron chi connectivity index (χ3n) is 5.67. The van der Waals surface area contributed by atoms with Crippen LogP contribution in [0.4, 0.5) is 0 Å². The second kappa shape index (κ2) is 23.6. The minimum Gasteiger partial charge on any atom is -0.549 e. The van der Waals surface area contributed by atoms with Crippen LogP contribution in [0.2, 0.25) is 0 Å². The number of hydrogen-bond donors (Lipinski definition) is 0. The number of carboxylic acid groups (broad SMARTS) is 1. The van der Waals surface area contributed by atoms with Crippen molar-refractivity contribution >= 4 is 5.97 Å². The van der Waals surface area contributed by atoms with Crippen LogP contribution in [-0.2, 0) is 4.79 Å². The predicted octanol–water partition coefficient (Wildman–Crippen LogP) is 3.15. The van der Waals surface area contributed by atoms with E-state index in [2.05, 4.69) is 56.9 Å². The van der Waals surface area contributed by atoms with Crippen molar-refractivity contribution in [3.8, 4) is 0 Å². The van der Waals surface area contributed by atoms with Gasteiger partial charge in [0, 0.05) is 6.54 Å². The molecule has 0 radical (unpaired) electrons. The van der Waals surface area contributed by atoms with E-state index in [0.717, 1.165) is 38.8 Å². The Kier molecular flexibility index (Phi) is 25.2. The van der Waals surface area contributed by atoms with Crippen molar-refractivity contribution in [2.24, 2.45) is 11.8 Å². The molecule has 0 aromatic carbocycles. The fraction of sp³-hybridized carbons (Fsp3) is 0.808. The Hall–Kier alpha value is -0.0900. The van der Waals surface area contributed by atoms with Crippen molar-refractivity contribution < 1.29 is 39.5 Å². The van der Waals surface area contributed by atoms with Gasteiger partial charge in [0.15, 0.2) is 0 Å². The van der Waals surface area contributed by atoms with E-state index in [4.69, 9.17) is 0 Å². The van der Waals surface area contributed by atoms with E-state index in [1.165, 1.54) is 51.4 Å². The number of rotatable bonds is 20. The molecule has 0 bridgehead atoms. The summed E-state index contributed by atoms with van der Waals surface area (Å²) < 4.78 is 0. The molecule has 0 aromatic heterocycles. The van der Waals surface area contributed by atoms with Gasteiger partial charge in [0.05, 0.1) is 5.97 Å². The molecule has 0 aliphatic heterocycles. The van der Waals surface area contributed by atoms with E-state index in [1.807, 2.05) is 0 Å². The molecular formula is C26H48NNaO2. The SMILES string of the molecule is CC/C=C/CCCCC(C)CCN(CCC(C)CCCC/C=C/CC)CC(=O)[O-].[Na+]. The summed E-state index contributed by atoms with van der Waals surface area (Å²) in [6.45, 7) is 10.8. The third-order valence-corrected chi connectivity index (χ3v) is 5.67. The molecule has 4 heteroatoms. The molecule has 0 rings (SSSR count). The maximum Gasteiger partial charge on any atom is 1.00 e. The summed E-state index contributed by atoms with van der Waals surface area (Å²) >= 11 is 0. The molecule has 3 nitrogen and oxygen atoms in total. The number of aliphatic carboxylic acids is 1. The van der Waals surface area contributed by atoms with E-state index in [-0.39, 0.29) is 36.1 Å². The smallest absolute Gasteiger partial charge is 0.549 e. The second-order valence-corrected chi connectivity index (χ2v) is 8.76.